The van der Waals surface area contributed by atoms with Gasteiger partial charge in [0.2, 0.25) is 0 Å². The second kappa shape index (κ2) is 9.95. The number of thiazole rings is 1. The lowest BCUT2D eigenvalue weighted by molar-refractivity contribution is 0.0948. The molecule has 1 aliphatic rings. The van der Waals surface area contributed by atoms with Crippen LogP contribution in [0.15, 0.2) is 66.7 Å². The summed E-state index contributed by atoms with van der Waals surface area (Å²) in [5, 5.41) is 4.19. The Labute approximate surface area is 205 Å². The monoisotopic (exact) mass is 470 g/mol. The summed E-state index contributed by atoms with van der Waals surface area (Å²) in [5.74, 6) is -0.0154. The molecule has 5 rings (SSSR count). The molecular weight excluding hydrogens is 440 g/mol. The molecule has 0 atom stereocenters. The minimum Gasteiger partial charge on any atom is -0.351 e. The predicted molar refractivity (Wildman–Crippen MR) is 142 cm³/mol. The van der Waals surface area contributed by atoms with Crippen molar-refractivity contribution in [1.29, 1.82) is 0 Å². The van der Waals surface area contributed by atoms with Crippen molar-refractivity contribution in [3.05, 3.63) is 83.4 Å². The largest absolute Gasteiger partial charge is 0.351 e. The van der Waals surface area contributed by atoms with E-state index in [0.29, 0.717) is 12.1 Å². The summed E-state index contributed by atoms with van der Waals surface area (Å²) >= 11 is 1.80. The van der Waals surface area contributed by atoms with Crippen LogP contribution in [0, 0.1) is 13.8 Å². The molecular formula is C28H30N4OS. The fourth-order valence-corrected chi connectivity index (χ4v) is 5.60. The lowest BCUT2D eigenvalue weighted by atomic mass is 10.0. The van der Waals surface area contributed by atoms with Gasteiger partial charge in [0.1, 0.15) is 0 Å². The molecule has 1 aromatic heterocycles. The number of nitrogens with zero attached hydrogens (tertiary/aromatic N) is 3. The van der Waals surface area contributed by atoms with Gasteiger partial charge < -0.3 is 10.2 Å². The lowest BCUT2D eigenvalue weighted by Gasteiger charge is -2.34. The van der Waals surface area contributed by atoms with Crippen molar-refractivity contribution in [2.24, 2.45) is 0 Å². The van der Waals surface area contributed by atoms with Gasteiger partial charge in [0, 0.05) is 44.8 Å². The highest BCUT2D eigenvalue weighted by atomic mass is 32.1. The highest BCUT2D eigenvalue weighted by Gasteiger charge is 2.20. The Kier molecular flexibility index (Phi) is 6.61. The number of carbonyl (C=O) groups excluding carboxylic acids is 1. The Bertz CT molecular complexity index is 1280. The standard InChI is InChI=1S/C28H30N4OS/c1-20-18-21(2)26-25(19-20)30-28(34-26)32-16-14-31(15-17-32)13-12-29-27(33)24-10-8-23(9-11-24)22-6-4-3-5-7-22/h3-11,18-19H,12-17H2,1-2H3,(H,29,33). The van der Waals surface area contributed by atoms with Crippen LogP contribution < -0.4 is 10.2 Å². The van der Waals surface area contributed by atoms with Crippen LogP contribution in [0.4, 0.5) is 5.13 Å². The average molecular weight is 471 g/mol. The molecule has 6 heteroatoms. The van der Waals surface area contributed by atoms with E-state index in [1.165, 1.54) is 15.8 Å². The molecule has 1 amide bonds. The van der Waals surface area contributed by atoms with Crippen LogP contribution in [-0.4, -0.2) is 55.1 Å². The van der Waals surface area contributed by atoms with Gasteiger partial charge >= 0.3 is 0 Å². The number of amides is 1. The van der Waals surface area contributed by atoms with Gasteiger partial charge in [-0.15, -0.1) is 0 Å². The smallest absolute Gasteiger partial charge is 0.251 e. The number of fused-ring (bicyclic) bond motifs is 1. The van der Waals surface area contributed by atoms with Crippen molar-refractivity contribution in [2.75, 3.05) is 44.2 Å². The number of benzene rings is 3. The summed E-state index contributed by atoms with van der Waals surface area (Å²) in [6.07, 6.45) is 0. The van der Waals surface area contributed by atoms with Gasteiger partial charge in [0.25, 0.3) is 5.91 Å². The number of anilines is 1. The minimum absolute atomic E-state index is 0.0154. The first-order valence-electron chi connectivity index (χ1n) is 11.9. The zero-order valence-corrected chi connectivity index (χ0v) is 20.6. The molecule has 5 nitrogen and oxygen atoms in total. The van der Waals surface area contributed by atoms with Crippen LogP contribution >= 0.6 is 11.3 Å². The SMILES string of the molecule is Cc1cc(C)c2sc(N3CCN(CCNC(=O)c4ccc(-c5ccccc5)cc4)CC3)nc2c1. The summed E-state index contributed by atoms with van der Waals surface area (Å²) < 4.78 is 1.29. The molecule has 0 radical (unpaired) electrons. The molecule has 1 saturated heterocycles. The maximum absolute atomic E-state index is 12.6. The topological polar surface area (TPSA) is 48.5 Å². The Balaban J connectivity index is 1.09. The molecule has 0 unspecified atom stereocenters. The average Bonchev–Trinajstić information content (AvgIpc) is 3.29. The Morgan fingerprint density at radius 1 is 0.941 bits per heavy atom. The third-order valence-corrected chi connectivity index (χ3v) is 7.69. The van der Waals surface area contributed by atoms with Gasteiger partial charge in [-0.1, -0.05) is 59.9 Å². The molecule has 1 fully saturated rings. The highest BCUT2D eigenvalue weighted by Crippen LogP contribution is 2.32. The third-order valence-electron chi connectivity index (χ3n) is 6.42. The van der Waals surface area contributed by atoms with E-state index in [1.54, 1.807) is 11.3 Å². The first-order valence-corrected chi connectivity index (χ1v) is 12.7. The number of aromatic nitrogens is 1. The number of aryl methyl sites for hydroxylation is 2. The summed E-state index contributed by atoms with van der Waals surface area (Å²) in [7, 11) is 0. The van der Waals surface area contributed by atoms with E-state index in [-0.39, 0.29) is 5.91 Å². The molecule has 4 aromatic rings. The van der Waals surface area contributed by atoms with Crippen LogP contribution in [0.1, 0.15) is 21.5 Å². The molecule has 1 aliphatic heterocycles. The molecule has 0 spiro atoms. The second-order valence-electron chi connectivity index (χ2n) is 8.95. The van der Waals surface area contributed by atoms with E-state index in [1.807, 2.05) is 42.5 Å². The van der Waals surface area contributed by atoms with Gasteiger partial charge in [0.05, 0.1) is 10.2 Å². The molecule has 34 heavy (non-hydrogen) atoms. The van der Waals surface area contributed by atoms with Gasteiger partial charge in [-0.05, 0) is 54.3 Å². The van der Waals surface area contributed by atoms with Crippen LogP contribution in [0.2, 0.25) is 0 Å². The Hall–Kier alpha value is -3.22. The summed E-state index contributed by atoms with van der Waals surface area (Å²) in [6, 6.07) is 22.4. The van der Waals surface area contributed by atoms with E-state index >= 15 is 0 Å². The lowest BCUT2D eigenvalue weighted by Crippen LogP contribution is -2.48. The number of hydrogen-bond acceptors (Lipinski definition) is 5. The number of piperazine rings is 1. The van der Waals surface area contributed by atoms with Gasteiger partial charge in [0.15, 0.2) is 5.13 Å². The quantitative estimate of drug-likeness (QED) is 0.424. The Morgan fingerprint density at radius 3 is 2.38 bits per heavy atom. The first-order chi connectivity index (χ1) is 16.6. The summed E-state index contributed by atoms with van der Waals surface area (Å²) in [5.41, 5.74) is 6.66. The van der Waals surface area contributed by atoms with Crippen molar-refractivity contribution in [2.45, 2.75) is 13.8 Å². The zero-order valence-electron chi connectivity index (χ0n) is 19.8. The molecule has 1 N–H and O–H groups in total. The first kappa shape index (κ1) is 22.6. The van der Waals surface area contributed by atoms with Crippen molar-refractivity contribution in [1.82, 2.24) is 15.2 Å². The second-order valence-corrected chi connectivity index (χ2v) is 9.93. The van der Waals surface area contributed by atoms with Crippen molar-refractivity contribution in [3.8, 4) is 11.1 Å². The van der Waals surface area contributed by atoms with Crippen molar-refractivity contribution >= 4 is 32.6 Å². The highest BCUT2D eigenvalue weighted by molar-refractivity contribution is 7.22. The van der Waals surface area contributed by atoms with Gasteiger partial charge in [-0.3, -0.25) is 9.69 Å². The number of hydrogen-bond donors (Lipinski definition) is 1. The summed E-state index contributed by atoms with van der Waals surface area (Å²) in [4.78, 5) is 22.3. The van der Waals surface area contributed by atoms with Crippen LogP contribution in [-0.2, 0) is 0 Å². The predicted octanol–water partition coefficient (Wildman–Crippen LogP) is 5.13. The molecule has 2 heterocycles. The normalized spacial score (nSPS) is 14.5. The molecule has 0 saturated carbocycles. The van der Waals surface area contributed by atoms with Crippen LogP contribution in [0.25, 0.3) is 21.3 Å². The van der Waals surface area contributed by atoms with Crippen LogP contribution in [0.3, 0.4) is 0 Å². The Morgan fingerprint density at radius 2 is 1.65 bits per heavy atom. The van der Waals surface area contributed by atoms with Crippen LogP contribution in [0.5, 0.6) is 0 Å². The number of nitrogens with one attached hydrogen (secondary N) is 1. The van der Waals surface area contributed by atoms with Gasteiger partial charge in [-0.25, -0.2) is 4.98 Å². The molecule has 174 valence electrons. The fraction of sp³-hybridized carbons (Fsp3) is 0.286. The van der Waals surface area contributed by atoms with E-state index in [0.717, 1.165) is 54.5 Å². The fourth-order valence-electron chi connectivity index (χ4n) is 4.54. The van der Waals surface area contributed by atoms with Gasteiger partial charge in [-0.2, -0.15) is 0 Å². The maximum Gasteiger partial charge on any atom is 0.251 e. The van der Waals surface area contributed by atoms with Crippen molar-refractivity contribution in [3.63, 3.8) is 0 Å². The van der Waals surface area contributed by atoms with E-state index in [4.69, 9.17) is 4.98 Å². The molecule has 3 aromatic carbocycles. The van der Waals surface area contributed by atoms with Crippen molar-refractivity contribution < 1.29 is 4.79 Å². The van der Waals surface area contributed by atoms with E-state index in [9.17, 15) is 4.79 Å². The number of rotatable bonds is 6. The number of carbonyl (C=O) groups is 1. The summed E-state index contributed by atoms with van der Waals surface area (Å²) in [6.45, 7) is 9.70. The zero-order chi connectivity index (χ0) is 23.5. The van der Waals surface area contributed by atoms with E-state index in [2.05, 4.69) is 53.2 Å². The van der Waals surface area contributed by atoms with E-state index < -0.39 is 0 Å². The molecule has 0 bridgehead atoms. The minimum atomic E-state index is -0.0154. The third kappa shape index (κ3) is 4.98. The molecule has 0 aliphatic carbocycles. The maximum atomic E-state index is 12.6.